The van der Waals surface area contributed by atoms with Crippen molar-refractivity contribution >= 4 is 28.0 Å². The highest BCUT2D eigenvalue weighted by molar-refractivity contribution is 9.10. The van der Waals surface area contributed by atoms with Gasteiger partial charge in [0.15, 0.2) is 0 Å². The average Bonchev–Trinajstić information content (AvgIpc) is 2.39. The Hall–Kier alpha value is -1.63. The average molecular weight is 390 g/mol. The number of hydrogen-bond donors (Lipinski definition) is 1. The molecule has 1 atom stereocenters. The van der Waals surface area contributed by atoms with Crippen LogP contribution in [0.1, 0.15) is 33.3 Å². The topological polar surface area (TPSA) is 64.6 Å². The molecule has 0 spiro atoms. The molecule has 0 aliphatic rings. The first-order valence-electron chi connectivity index (χ1n) is 7.00. The van der Waals surface area contributed by atoms with Crippen molar-refractivity contribution in [2.75, 3.05) is 7.11 Å². The molecule has 23 heavy (non-hydrogen) atoms. The number of nitrogens with one attached hydrogen (secondary N) is 1. The molecule has 1 N–H and O–H groups in total. The van der Waals surface area contributed by atoms with Crippen LogP contribution in [0.25, 0.3) is 0 Å². The van der Waals surface area contributed by atoms with Crippen molar-refractivity contribution in [1.82, 2.24) is 5.32 Å². The minimum absolute atomic E-state index is 0.0792. The number of carbonyl (C=O) groups excluding carboxylic acids is 2. The lowest BCUT2D eigenvalue weighted by molar-refractivity contribution is -0.147. The van der Waals surface area contributed by atoms with E-state index in [-0.39, 0.29) is 12.0 Å². The molecule has 0 fully saturated rings. The maximum atomic E-state index is 14.0. The predicted octanol–water partition coefficient (Wildman–Crippen LogP) is 3.59. The Labute approximate surface area is 143 Å². The Morgan fingerprint density at radius 2 is 1.87 bits per heavy atom. The van der Waals surface area contributed by atoms with Gasteiger partial charge in [-0.25, -0.2) is 14.0 Å². The molecular weight excluding hydrogens is 369 g/mol. The van der Waals surface area contributed by atoms with E-state index in [0.29, 0.717) is 4.47 Å². The maximum Gasteiger partial charge on any atom is 0.408 e. The minimum atomic E-state index is -1.46. The molecule has 0 saturated heterocycles. The van der Waals surface area contributed by atoms with E-state index in [1.54, 1.807) is 32.9 Å². The molecule has 5 nitrogen and oxygen atoms in total. The zero-order valence-electron chi connectivity index (χ0n) is 13.8. The second kappa shape index (κ2) is 7.29. The van der Waals surface area contributed by atoms with Crippen LogP contribution in [0.2, 0.25) is 0 Å². The summed E-state index contributed by atoms with van der Waals surface area (Å²) in [7, 11) is 1.20. The van der Waals surface area contributed by atoms with Gasteiger partial charge in [0.1, 0.15) is 17.0 Å². The third kappa shape index (κ3) is 5.82. The summed E-state index contributed by atoms with van der Waals surface area (Å²) in [5.41, 5.74) is -1.91. The van der Waals surface area contributed by atoms with E-state index >= 15 is 0 Å². The van der Waals surface area contributed by atoms with Gasteiger partial charge in [0.25, 0.3) is 0 Å². The van der Waals surface area contributed by atoms with E-state index in [2.05, 4.69) is 21.2 Å². The van der Waals surface area contributed by atoms with Crippen LogP contribution in [0.15, 0.2) is 22.7 Å². The number of alkyl carbamates (subject to hydrolysis) is 1. The first kappa shape index (κ1) is 19.4. The smallest absolute Gasteiger partial charge is 0.408 e. The number of rotatable bonds is 4. The Balaban J connectivity index is 3.05. The van der Waals surface area contributed by atoms with E-state index < -0.39 is 29.0 Å². The van der Waals surface area contributed by atoms with Gasteiger partial charge in [-0.15, -0.1) is 0 Å². The van der Waals surface area contributed by atoms with E-state index in [9.17, 15) is 14.0 Å². The van der Waals surface area contributed by atoms with E-state index in [4.69, 9.17) is 9.47 Å². The van der Waals surface area contributed by atoms with E-state index in [1.807, 2.05) is 0 Å². The van der Waals surface area contributed by atoms with Gasteiger partial charge in [-0.1, -0.05) is 15.9 Å². The quantitative estimate of drug-likeness (QED) is 0.799. The summed E-state index contributed by atoms with van der Waals surface area (Å²) in [6.07, 6.45) is -0.856. The van der Waals surface area contributed by atoms with Gasteiger partial charge in [-0.05, 0) is 51.5 Å². The first-order valence-corrected chi connectivity index (χ1v) is 7.79. The van der Waals surface area contributed by atoms with Gasteiger partial charge in [0.2, 0.25) is 0 Å². The number of benzene rings is 1. The third-order valence-electron chi connectivity index (χ3n) is 2.96. The van der Waals surface area contributed by atoms with E-state index in [0.717, 1.165) is 0 Å². The summed E-state index contributed by atoms with van der Waals surface area (Å²) in [6.45, 7) is 6.57. The Morgan fingerprint density at radius 3 is 2.39 bits per heavy atom. The fourth-order valence-electron chi connectivity index (χ4n) is 1.98. The molecular formula is C16H21BrFNO4. The molecule has 1 amide bonds. The summed E-state index contributed by atoms with van der Waals surface area (Å²) >= 11 is 3.25. The highest BCUT2D eigenvalue weighted by atomic mass is 79.9. The Kier molecular flexibility index (Phi) is 6.16. The number of methoxy groups -OCH3 is 1. The van der Waals surface area contributed by atoms with Gasteiger partial charge >= 0.3 is 12.1 Å². The van der Waals surface area contributed by atoms with Gasteiger partial charge in [0.05, 0.1) is 7.11 Å². The van der Waals surface area contributed by atoms with Gasteiger partial charge in [0, 0.05) is 10.9 Å². The molecule has 1 aromatic carbocycles. The Bertz CT molecular complexity index is 600. The summed E-state index contributed by atoms with van der Waals surface area (Å²) in [4.78, 5) is 24.1. The Morgan fingerprint density at radius 1 is 1.26 bits per heavy atom. The van der Waals surface area contributed by atoms with Crippen molar-refractivity contribution in [3.05, 3.63) is 34.1 Å². The van der Waals surface area contributed by atoms with Gasteiger partial charge in [-0.3, -0.25) is 0 Å². The molecule has 0 radical (unpaired) electrons. The summed E-state index contributed by atoms with van der Waals surface area (Å²) in [5.74, 6) is -1.17. The molecule has 1 aromatic rings. The minimum Gasteiger partial charge on any atom is -0.467 e. The number of carbonyl (C=O) groups is 2. The van der Waals surface area contributed by atoms with Crippen molar-refractivity contribution in [2.45, 2.75) is 45.3 Å². The second-order valence-corrected chi connectivity index (χ2v) is 7.28. The van der Waals surface area contributed by atoms with Crippen molar-refractivity contribution in [3.8, 4) is 0 Å². The lowest BCUT2D eigenvalue weighted by atomic mass is 9.92. The van der Waals surface area contributed by atoms with Crippen LogP contribution >= 0.6 is 15.9 Å². The summed E-state index contributed by atoms with van der Waals surface area (Å²) in [5, 5.41) is 2.48. The fourth-order valence-corrected chi connectivity index (χ4v) is 2.39. The SMILES string of the molecule is COC(=O)C(C)(Cc1cc(Br)ccc1F)NC(=O)OC(C)(C)C. The van der Waals surface area contributed by atoms with E-state index in [1.165, 1.54) is 20.1 Å². The van der Waals surface area contributed by atoms with Crippen molar-refractivity contribution < 1.29 is 23.5 Å². The second-order valence-electron chi connectivity index (χ2n) is 6.36. The zero-order chi connectivity index (χ0) is 17.8. The van der Waals surface area contributed by atoms with Crippen molar-refractivity contribution in [1.29, 1.82) is 0 Å². The molecule has 0 aliphatic carbocycles. The normalized spacial score (nSPS) is 13.9. The van der Waals surface area contributed by atoms with Gasteiger partial charge < -0.3 is 14.8 Å². The highest BCUT2D eigenvalue weighted by Gasteiger charge is 2.38. The lowest BCUT2D eigenvalue weighted by Crippen LogP contribution is -2.55. The molecule has 1 unspecified atom stereocenters. The van der Waals surface area contributed by atoms with Crippen molar-refractivity contribution in [2.24, 2.45) is 0 Å². The van der Waals surface area contributed by atoms with Crippen LogP contribution in [0, 0.1) is 5.82 Å². The van der Waals surface area contributed by atoms with Crippen LogP contribution in [-0.2, 0) is 20.7 Å². The number of halogens is 2. The zero-order valence-corrected chi connectivity index (χ0v) is 15.4. The fraction of sp³-hybridized carbons (Fsp3) is 0.500. The highest BCUT2D eigenvalue weighted by Crippen LogP contribution is 2.22. The largest absolute Gasteiger partial charge is 0.467 e. The third-order valence-corrected chi connectivity index (χ3v) is 3.46. The predicted molar refractivity (Wildman–Crippen MR) is 87.6 cm³/mol. The molecule has 1 rings (SSSR count). The molecule has 0 saturated carbocycles. The number of amides is 1. The van der Waals surface area contributed by atoms with Gasteiger partial charge in [-0.2, -0.15) is 0 Å². The summed E-state index contributed by atoms with van der Waals surface area (Å²) < 4.78 is 24.5. The van der Waals surface area contributed by atoms with Crippen LogP contribution < -0.4 is 5.32 Å². The molecule has 128 valence electrons. The first-order chi connectivity index (χ1) is 10.5. The molecule has 0 aliphatic heterocycles. The molecule has 0 aromatic heterocycles. The monoisotopic (exact) mass is 389 g/mol. The molecule has 0 bridgehead atoms. The maximum absolute atomic E-state index is 14.0. The van der Waals surface area contributed by atoms with Crippen molar-refractivity contribution in [3.63, 3.8) is 0 Å². The van der Waals surface area contributed by atoms with Crippen LogP contribution in [-0.4, -0.2) is 30.3 Å². The lowest BCUT2D eigenvalue weighted by Gasteiger charge is -2.30. The number of hydrogen-bond acceptors (Lipinski definition) is 4. The van der Waals surface area contributed by atoms with Crippen LogP contribution in [0.3, 0.4) is 0 Å². The molecule has 7 heteroatoms. The van der Waals surface area contributed by atoms with Crippen LogP contribution in [0.5, 0.6) is 0 Å². The standard InChI is InChI=1S/C16H21BrFNO4/c1-15(2,3)23-14(21)19-16(4,13(20)22-5)9-10-8-11(17)6-7-12(10)18/h6-8H,9H2,1-5H3,(H,19,21). The molecule has 0 heterocycles. The van der Waals surface area contributed by atoms with Crippen LogP contribution in [0.4, 0.5) is 9.18 Å². The summed E-state index contributed by atoms with van der Waals surface area (Å²) in [6, 6.07) is 4.38. The number of ether oxygens (including phenoxy) is 2. The number of esters is 1.